The van der Waals surface area contributed by atoms with Crippen molar-refractivity contribution < 1.29 is 14.7 Å². The van der Waals surface area contributed by atoms with Crippen LogP contribution in [0.1, 0.15) is 41.3 Å². The topological polar surface area (TPSA) is 81.7 Å². The highest BCUT2D eigenvalue weighted by molar-refractivity contribution is 5.96. The minimum Gasteiger partial charge on any atom is -0.392 e. The first kappa shape index (κ1) is 21.0. The van der Waals surface area contributed by atoms with Crippen LogP contribution in [0.15, 0.2) is 42.5 Å². The number of carbonyl (C=O) groups excluding carboxylic acids is 2. The van der Waals surface area contributed by atoms with Gasteiger partial charge in [0.25, 0.3) is 0 Å². The number of rotatable bonds is 7. The molecule has 6 heteroatoms. The van der Waals surface area contributed by atoms with Gasteiger partial charge >= 0.3 is 0 Å². The zero-order valence-electron chi connectivity index (χ0n) is 17.1. The number of aliphatic hydroxyl groups is 1. The SMILES string of the molecule is CC(=O)c1ccc(NC(=O)CN2CCC(Nc3c(C)cccc3CO)CC2)cc1. The molecule has 0 spiro atoms. The fourth-order valence-corrected chi connectivity index (χ4v) is 3.70. The summed E-state index contributed by atoms with van der Waals surface area (Å²) in [4.78, 5) is 25.8. The molecule has 6 nitrogen and oxygen atoms in total. The summed E-state index contributed by atoms with van der Waals surface area (Å²) in [6, 6.07) is 13.2. The molecule has 3 rings (SSSR count). The molecule has 2 aromatic rings. The molecule has 2 aromatic carbocycles. The lowest BCUT2D eigenvalue weighted by Gasteiger charge is -2.33. The molecule has 3 N–H and O–H groups in total. The van der Waals surface area contributed by atoms with Crippen LogP contribution in [-0.2, 0) is 11.4 Å². The number of nitrogens with zero attached hydrogens (tertiary/aromatic N) is 1. The molecule has 29 heavy (non-hydrogen) atoms. The van der Waals surface area contributed by atoms with Crippen LogP contribution in [-0.4, -0.2) is 47.4 Å². The van der Waals surface area contributed by atoms with Gasteiger partial charge in [0.05, 0.1) is 13.2 Å². The van der Waals surface area contributed by atoms with Crippen molar-refractivity contribution in [3.8, 4) is 0 Å². The van der Waals surface area contributed by atoms with Crippen LogP contribution in [0.5, 0.6) is 0 Å². The number of anilines is 2. The molecule has 0 bridgehead atoms. The molecular formula is C23H29N3O3. The Morgan fingerprint density at radius 2 is 1.79 bits per heavy atom. The largest absolute Gasteiger partial charge is 0.392 e. The van der Waals surface area contributed by atoms with E-state index in [-0.39, 0.29) is 18.3 Å². The normalized spacial score (nSPS) is 15.1. The average Bonchev–Trinajstić information content (AvgIpc) is 2.71. The van der Waals surface area contributed by atoms with E-state index in [4.69, 9.17) is 0 Å². The summed E-state index contributed by atoms with van der Waals surface area (Å²) < 4.78 is 0. The maximum atomic E-state index is 12.3. The molecule has 1 heterocycles. The van der Waals surface area contributed by atoms with E-state index in [1.807, 2.05) is 25.1 Å². The Morgan fingerprint density at radius 3 is 2.41 bits per heavy atom. The molecule has 154 valence electrons. The Kier molecular flexibility index (Phi) is 7.01. The van der Waals surface area contributed by atoms with Gasteiger partial charge in [0.15, 0.2) is 5.78 Å². The number of hydrogen-bond acceptors (Lipinski definition) is 5. The van der Waals surface area contributed by atoms with Gasteiger partial charge in [-0.15, -0.1) is 0 Å². The molecule has 0 aliphatic carbocycles. The van der Waals surface area contributed by atoms with Gasteiger partial charge in [-0.3, -0.25) is 14.5 Å². The highest BCUT2D eigenvalue weighted by Crippen LogP contribution is 2.24. The van der Waals surface area contributed by atoms with Crippen LogP contribution >= 0.6 is 0 Å². The van der Waals surface area contributed by atoms with Crippen LogP contribution < -0.4 is 10.6 Å². The van der Waals surface area contributed by atoms with Crippen LogP contribution in [0.25, 0.3) is 0 Å². The van der Waals surface area contributed by atoms with Gasteiger partial charge in [-0.2, -0.15) is 0 Å². The van der Waals surface area contributed by atoms with Crippen molar-refractivity contribution in [1.82, 2.24) is 4.90 Å². The monoisotopic (exact) mass is 395 g/mol. The second kappa shape index (κ2) is 9.67. The zero-order valence-corrected chi connectivity index (χ0v) is 17.1. The molecule has 1 saturated heterocycles. The summed E-state index contributed by atoms with van der Waals surface area (Å²) in [6.07, 6.45) is 1.89. The van der Waals surface area contributed by atoms with Crippen molar-refractivity contribution in [3.05, 3.63) is 59.2 Å². The van der Waals surface area contributed by atoms with Crippen molar-refractivity contribution in [1.29, 1.82) is 0 Å². The number of Topliss-reactive ketones (excluding diaryl/α,β-unsaturated/α-hetero) is 1. The summed E-state index contributed by atoms with van der Waals surface area (Å²) in [6.45, 7) is 5.63. The third-order valence-electron chi connectivity index (χ3n) is 5.41. The predicted molar refractivity (Wildman–Crippen MR) is 115 cm³/mol. The molecule has 1 amide bonds. The van der Waals surface area contributed by atoms with Gasteiger partial charge in [-0.25, -0.2) is 0 Å². The number of benzene rings is 2. The van der Waals surface area contributed by atoms with E-state index in [1.54, 1.807) is 24.3 Å². The highest BCUT2D eigenvalue weighted by Gasteiger charge is 2.22. The van der Waals surface area contributed by atoms with Crippen LogP contribution in [0, 0.1) is 6.92 Å². The fraction of sp³-hybridized carbons (Fsp3) is 0.391. The van der Waals surface area contributed by atoms with E-state index >= 15 is 0 Å². The van der Waals surface area contributed by atoms with E-state index in [9.17, 15) is 14.7 Å². The number of aryl methyl sites for hydroxylation is 1. The molecule has 0 aromatic heterocycles. The molecule has 1 aliphatic heterocycles. The number of piperidine rings is 1. The second-order valence-corrected chi connectivity index (χ2v) is 7.64. The maximum Gasteiger partial charge on any atom is 0.238 e. The highest BCUT2D eigenvalue weighted by atomic mass is 16.3. The summed E-state index contributed by atoms with van der Waals surface area (Å²) in [7, 11) is 0. The number of likely N-dealkylation sites (tertiary alicyclic amines) is 1. The average molecular weight is 396 g/mol. The lowest BCUT2D eigenvalue weighted by molar-refractivity contribution is -0.117. The Hall–Kier alpha value is -2.70. The number of amides is 1. The Bertz CT molecular complexity index is 856. The minimum absolute atomic E-state index is 0.0103. The summed E-state index contributed by atoms with van der Waals surface area (Å²) in [5.41, 5.74) is 4.42. The number of aliphatic hydroxyl groups excluding tert-OH is 1. The van der Waals surface area contributed by atoms with Gasteiger partial charge in [0, 0.05) is 41.6 Å². The van der Waals surface area contributed by atoms with E-state index in [2.05, 4.69) is 15.5 Å². The smallest absolute Gasteiger partial charge is 0.238 e. The van der Waals surface area contributed by atoms with Crippen molar-refractivity contribution in [2.75, 3.05) is 30.3 Å². The Balaban J connectivity index is 1.47. The van der Waals surface area contributed by atoms with Crippen LogP contribution in [0.4, 0.5) is 11.4 Å². The summed E-state index contributed by atoms with van der Waals surface area (Å²) in [5.74, 6) is -0.0374. The number of carbonyl (C=O) groups is 2. The summed E-state index contributed by atoms with van der Waals surface area (Å²) >= 11 is 0. The third-order valence-corrected chi connectivity index (χ3v) is 5.41. The molecule has 0 radical (unpaired) electrons. The van der Waals surface area contributed by atoms with Gasteiger partial charge in [0.1, 0.15) is 0 Å². The predicted octanol–water partition coefficient (Wildman–Crippen LogP) is 3.20. The lowest BCUT2D eigenvalue weighted by atomic mass is 10.0. The number of nitrogens with one attached hydrogen (secondary N) is 2. The molecule has 1 fully saturated rings. The number of ketones is 1. The third kappa shape index (κ3) is 5.65. The maximum absolute atomic E-state index is 12.3. The van der Waals surface area contributed by atoms with Gasteiger partial charge < -0.3 is 15.7 Å². The second-order valence-electron chi connectivity index (χ2n) is 7.64. The standard InChI is InChI=1S/C23H29N3O3/c1-16-4-3-5-19(15-27)23(16)25-21-10-12-26(13-11-21)14-22(29)24-20-8-6-18(7-9-20)17(2)28/h3-9,21,25,27H,10-15H2,1-2H3,(H,24,29). The van der Waals surface area contributed by atoms with E-state index in [1.165, 1.54) is 6.92 Å². The van der Waals surface area contributed by atoms with Crippen LogP contribution in [0.3, 0.4) is 0 Å². The lowest BCUT2D eigenvalue weighted by Crippen LogP contribution is -2.42. The van der Waals surface area contributed by atoms with Crippen molar-refractivity contribution in [2.24, 2.45) is 0 Å². The fourth-order valence-electron chi connectivity index (χ4n) is 3.70. The number of hydrogen-bond donors (Lipinski definition) is 3. The van der Waals surface area contributed by atoms with E-state index in [0.29, 0.717) is 23.8 Å². The van der Waals surface area contributed by atoms with E-state index in [0.717, 1.165) is 42.7 Å². The zero-order chi connectivity index (χ0) is 20.8. The quantitative estimate of drug-likeness (QED) is 0.627. The van der Waals surface area contributed by atoms with Gasteiger partial charge in [0.2, 0.25) is 5.91 Å². The first-order chi connectivity index (χ1) is 14.0. The Morgan fingerprint density at radius 1 is 1.10 bits per heavy atom. The Labute approximate surface area is 171 Å². The molecule has 0 atom stereocenters. The molecule has 1 aliphatic rings. The van der Waals surface area contributed by atoms with Gasteiger partial charge in [-0.05, 0) is 56.5 Å². The van der Waals surface area contributed by atoms with Crippen LogP contribution in [0.2, 0.25) is 0 Å². The molecule has 0 saturated carbocycles. The number of para-hydroxylation sites is 1. The molecular weight excluding hydrogens is 366 g/mol. The van der Waals surface area contributed by atoms with E-state index < -0.39 is 0 Å². The van der Waals surface area contributed by atoms with Crippen molar-refractivity contribution >= 4 is 23.1 Å². The van der Waals surface area contributed by atoms with Crippen molar-refractivity contribution in [3.63, 3.8) is 0 Å². The first-order valence-corrected chi connectivity index (χ1v) is 10.1. The first-order valence-electron chi connectivity index (χ1n) is 10.1. The summed E-state index contributed by atoms with van der Waals surface area (Å²) in [5, 5.41) is 16.0. The molecule has 0 unspecified atom stereocenters. The minimum atomic E-state index is -0.0477. The van der Waals surface area contributed by atoms with Crippen molar-refractivity contribution in [2.45, 2.75) is 39.3 Å². The van der Waals surface area contributed by atoms with Gasteiger partial charge in [-0.1, -0.05) is 18.2 Å².